The standard InChI is InChI=1S/C17H20N2O2/c1-3-21-16-9-7-14(8-10-16)12-17(20)19(2)13-15-6-4-5-11-18-15/h4-11H,3,12-13H2,1-2H3. The van der Waals surface area contributed by atoms with Gasteiger partial charge in [-0.1, -0.05) is 18.2 Å². The van der Waals surface area contributed by atoms with E-state index in [1.807, 2.05) is 49.4 Å². The Morgan fingerprint density at radius 2 is 1.95 bits per heavy atom. The van der Waals surface area contributed by atoms with Crippen molar-refractivity contribution >= 4 is 5.91 Å². The second-order valence-corrected chi connectivity index (χ2v) is 4.82. The predicted octanol–water partition coefficient (Wildman–Crippen LogP) is 2.68. The zero-order valence-corrected chi connectivity index (χ0v) is 12.5. The van der Waals surface area contributed by atoms with Crippen molar-refractivity contribution in [3.63, 3.8) is 0 Å². The number of aromatic nitrogens is 1. The number of carbonyl (C=O) groups excluding carboxylic acids is 1. The van der Waals surface area contributed by atoms with Crippen molar-refractivity contribution < 1.29 is 9.53 Å². The fraction of sp³-hybridized carbons (Fsp3) is 0.294. The maximum atomic E-state index is 12.2. The van der Waals surface area contributed by atoms with Crippen LogP contribution in [0.15, 0.2) is 48.7 Å². The van der Waals surface area contributed by atoms with E-state index >= 15 is 0 Å². The highest BCUT2D eigenvalue weighted by Gasteiger charge is 2.10. The summed E-state index contributed by atoms with van der Waals surface area (Å²) in [6.07, 6.45) is 2.12. The molecule has 1 aromatic heterocycles. The van der Waals surface area contributed by atoms with Crippen LogP contribution in [-0.2, 0) is 17.8 Å². The van der Waals surface area contributed by atoms with Crippen LogP contribution in [0.3, 0.4) is 0 Å². The SMILES string of the molecule is CCOc1ccc(CC(=O)N(C)Cc2ccccn2)cc1. The monoisotopic (exact) mass is 284 g/mol. The summed E-state index contributed by atoms with van der Waals surface area (Å²) in [6, 6.07) is 13.4. The molecule has 1 heterocycles. The number of benzene rings is 1. The predicted molar refractivity (Wildman–Crippen MR) is 82.0 cm³/mol. The van der Waals surface area contributed by atoms with Gasteiger partial charge in [-0.05, 0) is 36.8 Å². The minimum atomic E-state index is 0.0739. The number of hydrogen-bond acceptors (Lipinski definition) is 3. The summed E-state index contributed by atoms with van der Waals surface area (Å²) in [5.74, 6) is 0.903. The maximum absolute atomic E-state index is 12.2. The number of pyridine rings is 1. The van der Waals surface area contributed by atoms with Crippen LogP contribution in [0, 0.1) is 0 Å². The third-order valence-corrected chi connectivity index (χ3v) is 3.14. The van der Waals surface area contributed by atoms with Crippen molar-refractivity contribution in [3.05, 3.63) is 59.9 Å². The number of likely N-dealkylation sites (N-methyl/N-ethyl adjacent to an activating group) is 1. The van der Waals surface area contributed by atoms with Gasteiger partial charge in [0.25, 0.3) is 0 Å². The maximum Gasteiger partial charge on any atom is 0.227 e. The number of amides is 1. The van der Waals surface area contributed by atoms with Crippen molar-refractivity contribution in [2.24, 2.45) is 0 Å². The first-order valence-electron chi connectivity index (χ1n) is 7.04. The zero-order chi connectivity index (χ0) is 15.1. The molecule has 2 rings (SSSR count). The largest absolute Gasteiger partial charge is 0.494 e. The summed E-state index contributed by atoms with van der Waals surface area (Å²) in [4.78, 5) is 18.1. The number of nitrogens with zero attached hydrogens (tertiary/aromatic N) is 2. The van der Waals surface area contributed by atoms with Crippen LogP contribution in [0.5, 0.6) is 5.75 Å². The number of carbonyl (C=O) groups is 1. The Morgan fingerprint density at radius 1 is 1.19 bits per heavy atom. The molecule has 0 aliphatic rings. The number of ether oxygens (including phenoxy) is 1. The fourth-order valence-electron chi connectivity index (χ4n) is 2.00. The van der Waals surface area contributed by atoms with Crippen molar-refractivity contribution in [2.45, 2.75) is 19.9 Å². The van der Waals surface area contributed by atoms with Gasteiger partial charge in [0.2, 0.25) is 5.91 Å². The minimum Gasteiger partial charge on any atom is -0.494 e. The second kappa shape index (κ2) is 7.43. The lowest BCUT2D eigenvalue weighted by Crippen LogP contribution is -2.28. The van der Waals surface area contributed by atoms with Gasteiger partial charge in [0, 0.05) is 13.2 Å². The van der Waals surface area contributed by atoms with Crippen molar-refractivity contribution in [1.29, 1.82) is 0 Å². The van der Waals surface area contributed by atoms with Crippen LogP contribution in [0.25, 0.3) is 0 Å². The second-order valence-electron chi connectivity index (χ2n) is 4.82. The summed E-state index contributed by atoms with van der Waals surface area (Å²) in [6.45, 7) is 3.12. The van der Waals surface area contributed by atoms with Crippen LogP contribution < -0.4 is 4.74 Å². The topological polar surface area (TPSA) is 42.4 Å². The first-order chi connectivity index (χ1) is 10.2. The molecule has 0 fully saturated rings. The van der Waals surface area contributed by atoms with E-state index in [-0.39, 0.29) is 5.91 Å². The first-order valence-corrected chi connectivity index (χ1v) is 7.04. The van der Waals surface area contributed by atoms with Crippen molar-refractivity contribution in [3.8, 4) is 5.75 Å². The molecule has 0 N–H and O–H groups in total. The highest BCUT2D eigenvalue weighted by molar-refractivity contribution is 5.78. The molecule has 0 aliphatic carbocycles. The van der Waals surface area contributed by atoms with Gasteiger partial charge in [0.1, 0.15) is 5.75 Å². The zero-order valence-electron chi connectivity index (χ0n) is 12.5. The van der Waals surface area contributed by atoms with Crippen molar-refractivity contribution in [2.75, 3.05) is 13.7 Å². The van der Waals surface area contributed by atoms with E-state index in [9.17, 15) is 4.79 Å². The van der Waals surface area contributed by atoms with Gasteiger partial charge < -0.3 is 9.64 Å². The summed E-state index contributed by atoms with van der Waals surface area (Å²) in [5, 5.41) is 0. The molecule has 0 atom stereocenters. The third kappa shape index (κ3) is 4.60. The van der Waals surface area contributed by atoms with E-state index in [0.717, 1.165) is 17.0 Å². The molecule has 1 aromatic carbocycles. The first kappa shape index (κ1) is 15.0. The van der Waals surface area contributed by atoms with E-state index < -0.39 is 0 Å². The quantitative estimate of drug-likeness (QED) is 0.819. The molecule has 0 radical (unpaired) electrons. The molecule has 110 valence electrons. The Bertz CT molecular complexity index is 567. The minimum absolute atomic E-state index is 0.0739. The Balaban J connectivity index is 1.91. The lowest BCUT2D eigenvalue weighted by molar-refractivity contribution is -0.129. The normalized spacial score (nSPS) is 10.2. The fourth-order valence-corrected chi connectivity index (χ4v) is 2.00. The molecule has 0 saturated carbocycles. The Labute approximate surface area is 125 Å². The molecule has 4 heteroatoms. The lowest BCUT2D eigenvalue weighted by Gasteiger charge is -2.16. The van der Waals surface area contributed by atoms with E-state index in [0.29, 0.717) is 19.6 Å². The smallest absolute Gasteiger partial charge is 0.227 e. The Morgan fingerprint density at radius 3 is 2.57 bits per heavy atom. The van der Waals surface area contributed by atoms with E-state index in [1.54, 1.807) is 18.1 Å². The Kier molecular flexibility index (Phi) is 5.32. The number of rotatable bonds is 6. The molecule has 0 bridgehead atoms. The summed E-state index contributed by atoms with van der Waals surface area (Å²) < 4.78 is 5.39. The molecule has 0 unspecified atom stereocenters. The molecule has 4 nitrogen and oxygen atoms in total. The molecular formula is C17H20N2O2. The van der Waals surface area contributed by atoms with Crippen LogP contribution >= 0.6 is 0 Å². The van der Waals surface area contributed by atoms with Gasteiger partial charge in [-0.3, -0.25) is 9.78 Å². The molecule has 21 heavy (non-hydrogen) atoms. The van der Waals surface area contributed by atoms with Crippen LogP contribution in [0.2, 0.25) is 0 Å². The molecular weight excluding hydrogens is 264 g/mol. The van der Waals surface area contributed by atoms with Gasteiger partial charge in [-0.2, -0.15) is 0 Å². The highest BCUT2D eigenvalue weighted by atomic mass is 16.5. The third-order valence-electron chi connectivity index (χ3n) is 3.14. The van der Waals surface area contributed by atoms with Gasteiger partial charge in [-0.25, -0.2) is 0 Å². The summed E-state index contributed by atoms with van der Waals surface area (Å²) >= 11 is 0. The number of hydrogen-bond donors (Lipinski definition) is 0. The molecule has 0 saturated heterocycles. The van der Waals surface area contributed by atoms with Crippen LogP contribution in [0.1, 0.15) is 18.2 Å². The van der Waals surface area contributed by atoms with Crippen LogP contribution in [-0.4, -0.2) is 29.4 Å². The van der Waals surface area contributed by atoms with E-state index in [2.05, 4.69) is 4.98 Å². The van der Waals surface area contributed by atoms with Gasteiger partial charge in [-0.15, -0.1) is 0 Å². The average Bonchev–Trinajstić information content (AvgIpc) is 2.50. The highest BCUT2D eigenvalue weighted by Crippen LogP contribution is 2.13. The molecule has 0 spiro atoms. The van der Waals surface area contributed by atoms with Gasteiger partial charge in [0.05, 0.1) is 25.3 Å². The molecule has 1 amide bonds. The van der Waals surface area contributed by atoms with Gasteiger partial charge in [0.15, 0.2) is 0 Å². The average molecular weight is 284 g/mol. The van der Waals surface area contributed by atoms with E-state index in [4.69, 9.17) is 4.74 Å². The lowest BCUT2D eigenvalue weighted by atomic mass is 10.1. The molecule has 2 aromatic rings. The summed E-state index contributed by atoms with van der Waals surface area (Å²) in [7, 11) is 1.80. The molecule has 0 aliphatic heterocycles. The summed E-state index contributed by atoms with van der Waals surface area (Å²) in [5.41, 5.74) is 1.87. The van der Waals surface area contributed by atoms with Crippen molar-refractivity contribution in [1.82, 2.24) is 9.88 Å². The Hall–Kier alpha value is -2.36. The van der Waals surface area contributed by atoms with Crippen LogP contribution in [0.4, 0.5) is 0 Å². The van der Waals surface area contributed by atoms with Gasteiger partial charge >= 0.3 is 0 Å². The van der Waals surface area contributed by atoms with E-state index in [1.165, 1.54) is 0 Å².